The minimum absolute atomic E-state index is 0.345. The first-order valence-electron chi connectivity index (χ1n) is 4.39. The van der Waals surface area contributed by atoms with E-state index in [1.165, 1.54) is 19.3 Å². The van der Waals surface area contributed by atoms with Crippen molar-refractivity contribution in [2.45, 2.75) is 38.7 Å². The molecule has 0 aromatic carbocycles. The van der Waals surface area contributed by atoms with Crippen molar-refractivity contribution in [3.05, 3.63) is 0 Å². The number of rotatable bonds is 0. The van der Waals surface area contributed by atoms with E-state index in [9.17, 15) is 0 Å². The molecule has 1 nitrogen and oxygen atoms in total. The Hall–Kier alpha value is -0.0400. The maximum absolute atomic E-state index is 5.56. The summed E-state index contributed by atoms with van der Waals surface area (Å²) < 4.78 is 5.56. The molecule has 2 fully saturated rings. The second-order valence-corrected chi connectivity index (χ2v) is 3.98. The van der Waals surface area contributed by atoms with Gasteiger partial charge in [0.05, 0.1) is 12.2 Å². The summed E-state index contributed by atoms with van der Waals surface area (Å²) in [7, 11) is 0. The molecule has 58 valence electrons. The molecule has 1 saturated carbocycles. The zero-order valence-electron chi connectivity index (χ0n) is 6.89. The largest absolute Gasteiger partial charge is 0.369 e. The minimum atomic E-state index is 0.345. The van der Waals surface area contributed by atoms with Crippen LogP contribution in [0.25, 0.3) is 0 Å². The SMILES string of the molecule is C[C@@H]1CCC[C@H](C)C12CO2. The summed E-state index contributed by atoms with van der Waals surface area (Å²) in [5, 5.41) is 0. The molecule has 0 aromatic heterocycles. The zero-order valence-corrected chi connectivity index (χ0v) is 6.89. The highest BCUT2D eigenvalue weighted by atomic mass is 16.6. The lowest BCUT2D eigenvalue weighted by molar-refractivity contribution is 0.114. The molecular formula is C9H16O. The highest BCUT2D eigenvalue weighted by Crippen LogP contribution is 2.49. The molecule has 1 spiro atoms. The Morgan fingerprint density at radius 3 is 2.00 bits per heavy atom. The Bertz CT molecular complexity index is 126. The van der Waals surface area contributed by atoms with E-state index in [-0.39, 0.29) is 0 Å². The maximum Gasteiger partial charge on any atom is 0.0967 e. The van der Waals surface area contributed by atoms with Gasteiger partial charge in [0.1, 0.15) is 0 Å². The van der Waals surface area contributed by atoms with Crippen LogP contribution in [0, 0.1) is 11.8 Å². The van der Waals surface area contributed by atoms with Gasteiger partial charge < -0.3 is 4.74 Å². The Morgan fingerprint density at radius 1 is 1.20 bits per heavy atom. The summed E-state index contributed by atoms with van der Waals surface area (Å²) in [5.74, 6) is 1.63. The summed E-state index contributed by atoms with van der Waals surface area (Å²) in [4.78, 5) is 0. The first kappa shape index (κ1) is 6.66. The highest BCUT2D eigenvalue weighted by Gasteiger charge is 2.54. The second-order valence-electron chi connectivity index (χ2n) is 3.98. The number of ether oxygens (including phenoxy) is 1. The van der Waals surface area contributed by atoms with Crippen LogP contribution >= 0.6 is 0 Å². The summed E-state index contributed by atoms with van der Waals surface area (Å²) in [5.41, 5.74) is 0.345. The molecular weight excluding hydrogens is 124 g/mol. The van der Waals surface area contributed by atoms with Crippen LogP contribution in [0.15, 0.2) is 0 Å². The molecule has 0 N–H and O–H groups in total. The fourth-order valence-electron chi connectivity index (χ4n) is 2.36. The predicted octanol–water partition coefficient (Wildman–Crippen LogP) is 2.21. The average molecular weight is 140 g/mol. The number of hydrogen-bond acceptors (Lipinski definition) is 1. The van der Waals surface area contributed by atoms with E-state index in [4.69, 9.17) is 4.74 Å². The molecule has 1 aliphatic carbocycles. The first-order valence-corrected chi connectivity index (χ1v) is 4.39. The molecule has 0 radical (unpaired) electrons. The van der Waals surface area contributed by atoms with Crippen LogP contribution in [0.4, 0.5) is 0 Å². The highest BCUT2D eigenvalue weighted by molar-refractivity contribution is 5.02. The smallest absolute Gasteiger partial charge is 0.0967 e. The van der Waals surface area contributed by atoms with Crippen molar-refractivity contribution in [3.63, 3.8) is 0 Å². The summed E-state index contributed by atoms with van der Waals surface area (Å²) in [6.45, 7) is 5.71. The molecule has 3 atom stereocenters. The second kappa shape index (κ2) is 1.97. The lowest BCUT2D eigenvalue weighted by atomic mass is 9.74. The van der Waals surface area contributed by atoms with Gasteiger partial charge in [-0.3, -0.25) is 0 Å². The van der Waals surface area contributed by atoms with Crippen LogP contribution in [-0.4, -0.2) is 12.2 Å². The lowest BCUT2D eigenvalue weighted by Gasteiger charge is -2.31. The van der Waals surface area contributed by atoms with Gasteiger partial charge >= 0.3 is 0 Å². The lowest BCUT2D eigenvalue weighted by Crippen LogP contribution is -2.33. The van der Waals surface area contributed by atoms with Gasteiger partial charge in [-0.15, -0.1) is 0 Å². The Labute approximate surface area is 62.8 Å². The van der Waals surface area contributed by atoms with Crippen molar-refractivity contribution in [2.75, 3.05) is 6.61 Å². The van der Waals surface area contributed by atoms with Gasteiger partial charge in [-0.25, -0.2) is 0 Å². The third-order valence-electron chi connectivity index (χ3n) is 3.42. The van der Waals surface area contributed by atoms with Gasteiger partial charge in [-0.05, 0) is 24.7 Å². The molecule has 1 heterocycles. The number of epoxide rings is 1. The van der Waals surface area contributed by atoms with Crippen LogP contribution in [-0.2, 0) is 4.74 Å². The van der Waals surface area contributed by atoms with E-state index in [2.05, 4.69) is 13.8 Å². The van der Waals surface area contributed by atoms with Crippen LogP contribution in [0.5, 0.6) is 0 Å². The molecule has 1 aliphatic heterocycles. The van der Waals surface area contributed by atoms with Crippen LogP contribution < -0.4 is 0 Å². The monoisotopic (exact) mass is 140 g/mol. The topological polar surface area (TPSA) is 12.5 Å². The average Bonchev–Trinajstić information content (AvgIpc) is 2.64. The van der Waals surface area contributed by atoms with Gasteiger partial charge in [-0.2, -0.15) is 0 Å². The molecule has 0 bridgehead atoms. The van der Waals surface area contributed by atoms with Crippen LogP contribution in [0.3, 0.4) is 0 Å². The summed E-state index contributed by atoms with van der Waals surface area (Å²) in [6.07, 6.45) is 4.17. The third kappa shape index (κ3) is 0.731. The molecule has 2 rings (SSSR count). The van der Waals surface area contributed by atoms with Crippen molar-refractivity contribution in [3.8, 4) is 0 Å². The zero-order chi connectivity index (χ0) is 7.19. The normalized spacial score (nSPS) is 53.4. The quantitative estimate of drug-likeness (QED) is 0.470. The first-order chi connectivity index (χ1) is 4.76. The number of hydrogen-bond donors (Lipinski definition) is 0. The molecule has 1 saturated heterocycles. The van der Waals surface area contributed by atoms with Crippen molar-refractivity contribution >= 4 is 0 Å². The molecule has 1 unspecified atom stereocenters. The van der Waals surface area contributed by atoms with E-state index in [1.54, 1.807) is 0 Å². The van der Waals surface area contributed by atoms with E-state index >= 15 is 0 Å². The Morgan fingerprint density at radius 2 is 1.70 bits per heavy atom. The minimum Gasteiger partial charge on any atom is -0.369 e. The van der Waals surface area contributed by atoms with Crippen molar-refractivity contribution in [1.29, 1.82) is 0 Å². The standard InChI is InChI=1S/C9H16O/c1-7-4-3-5-8(2)9(7)6-10-9/h7-8H,3-6H2,1-2H3/t7-,8+,9?. The van der Waals surface area contributed by atoms with Gasteiger partial charge in [0.15, 0.2) is 0 Å². The van der Waals surface area contributed by atoms with Gasteiger partial charge in [0.2, 0.25) is 0 Å². The third-order valence-corrected chi connectivity index (χ3v) is 3.42. The molecule has 0 amide bonds. The van der Waals surface area contributed by atoms with Crippen molar-refractivity contribution < 1.29 is 4.74 Å². The van der Waals surface area contributed by atoms with Crippen LogP contribution in [0.2, 0.25) is 0 Å². The van der Waals surface area contributed by atoms with E-state index in [1.807, 2.05) is 0 Å². The fourth-order valence-corrected chi connectivity index (χ4v) is 2.36. The van der Waals surface area contributed by atoms with E-state index < -0.39 is 0 Å². The van der Waals surface area contributed by atoms with Crippen molar-refractivity contribution in [1.82, 2.24) is 0 Å². The molecule has 2 aliphatic rings. The van der Waals surface area contributed by atoms with Crippen molar-refractivity contribution in [2.24, 2.45) is 11.8 Å². The predicted molar refractivity (Wildman–Crippen MR) is 40.9 cm³/mol. The maximum atomic E-state index is 5.56. The van der Waals surface area contributed by atoms with Gasteiger partial charge in [-0.1, -0.05) is 20.3 Å². The Kier molecular flexibility index (Phi) is 1.31. The molecule has 1 heteroatoms. The molecule has 10 heavy (non-hydrogen) atoms. The van der Waals surface area contributed by atoms with E-state index in [0.29, 0.717) is 5.60 Å². The van der Waals surface area contributed by atoms with Gasteiger partial charge in [0, 0.05) is 0 Å². The van der Waals surface area contributed by atoms with Gasteiger partial charge in [0.25, 0.3) is 0 Å². The summed E-state index contributed by atoms with van der Waals surface area (Å²) in [6, 6.07) is 0. The van der Waals surface area contributed by atoms with E-state index in [0.717, 1.165) is 18.4 Å². The molecule has 0 aromatic rings. The Balaban J connectivity index is 2.11. The fraction of sp³-hybridized carbons (Fsp3) is 1.00. The van der Waals surface area contributed by atoms with Crippen LogP contribution in [0.1, 0.15) is 33.1 Å². The summed E-state index contributed by atoms with van der Waals surface area (Å²) >= 11 is 0.